The number of hydrogen-bond donors (Lipinski definition) is 1. The summed E-state index contributed by atoms with van der Waals surface area (Å²) in [6.07, 6.45) is 0. The number of carbonyl (C=O) groups is 1. The van der Waals surface area contributed by atoms with Crippen LogP contribution in [0.4, 0.5) is 10.1 Å². The number of hydrogen-bond acceptors (Lipinski definition) is 5. The van der Waals surface area contributed by atoms with Crippen LogP contribution < -0.4 is 10.9 Å². The second kappa shape index (κ2) is 7.77. The Hall–Kier alpha value is -1.90. The molecule has 26 heavy (non-hydrogen) atoms. The molecule has 0 spiro atoms. The van der Waals surface area contributed by atoms with E-state index in [9.17, 15) is 14.0 Å². The first-order chi connectivity index (χ1) is 12.4. The van der Waals surface area contributed by atoms with Gasteiger partial charge in [0.25, 0.3) is 5.56 Å². The van der Waals surface area contributed by atoms with Gasteiger partial charge in [-0.25, -0.2) is 9.37 Å². The third-order valence-corrected chi connectivity index (χ3v) is 5.98. The van der Waals surface area contributed by atoms with E-state index in [1.807, 2.05) is 12.3 Å². The van der Waals surface area contributed by atoms with Crippen molar-refractivity contribution in [2.24, 2.45) is 0 Å². The van der Waals surface area contributed by atoms with Crippen molar-refractivity contribution in [1.29, 1.82) is 0 Å². The van der Waals surface area contributed by atoms with Crippen LogP contribution in [0.1, 0.15) is 13.8 Å². The lowest BCUT2D eigenvalue weighted by Crippen LogP contribution is -2.26. The number of anilines is 1. The summed E-state index contributed by atoms with van der Waals surface area (Å²) < 4.78 is 15.3. The molecular weight excluding hydrogens is 397 g/mol. The maximum Gasteiger partial charge on any atom is 0.272 e. The molecule has 0 radical (unpaired) electrons. The van der Waals surface area contributed by atoms with E-state index in [0.29, 0.717) is 27.6 Å². The van der Waals surface area contributed by atoms with E-state index in [2.05, 4.69) is 10.3 Å². The Morgan fingerprint density at radius 3 is 2.92 bits per heavy atom. The molecule has 136 valence electrons. The summed E-state index contributed by atoms with van der Waals surface area (Å²) in [6.45, 7) is 4.02. The normalized spacial score (nSPS) is 12.3. The van der Waals surface area contributed by atoms with Crippen molar-refractivity contribution in [2.45, 2.75) is 30.8 Å². The van der Waals surface area contributed by atoms with Gasteiger partial charge in [-0.15, -0.1) is 11.3 Å². The van der Waals surface area contributed by atoms with E-state index in [0.717, 1.165) is 6.07 Å². The van der Waals surface area contributed by atoms with E-state index in [1.165, 1.54) is 35.2 Å². The number of benzene rings is 1. The third-order valence-electron chi connectivity index (χ3n) is 3.69. The fraction of sp³-hybridized carbons (Fsp3) is 0.235. The Kier molecular flexibility index (Phi) is 5.64. The fourth-order valence-corrected chi connectivity index (χ4v) is 4.29. The number of thiophene rings is 1. The standard InChI is InChI=1S/C17H15ClFN3O2S2/c1-3-22-16(24)14-13(6-7-25-14)21-17(22)26-9(2)15(23)20-12-5-4-10(19)8-11(12)18/h4-9H,3H2,1-2H3,(H,20,23). The molecule has 0 saturated carbocycles. The zero-order chi connectivity index (χ0) is 18.8. The van der Waals surface area contributed by atoms with Gasteiger partial charge in [-0.05, 0) is 43.5 Å². The van der Waals surface area contributed by atoms with Gasteiger partial charge in [0.2, 0.25) is 5.91 Å². The molecule has 2 aromatic heterocycles. The Labute approximate surface area is 162 Å². The quantitative estimate of drug-likeness (QED) is 0.499. The van der Waals surface area contributed by atoms with Crippen LogP contribution in [-0.4, -0.2) is 20.7 Å². The smallest absolute Gasteiger partial charge is 0.272 e. The van der Waals surface area contributed by atoms with Crippen molar-refractivity contribution < 1.29 is 9.18 Å². The molecule has 1 N–H and O–H groups in total. The maximum absolute atomic E-state index is 13.1. The van der Waals surface area contributed by atoms with E-state index in [4.69, 9.17) is 11.6 Å². The highest BCUT2D eigenvalue weighted by Crippen LogP contribution is 2.27. The van der Waals surface area contributed by atoms with E-state index in [-0.39, 0.29) is 16.5 Å². The van der Waals surface area contributed by atoms with Crippen molar-refractivity contribution in [3.63, 3.8) is 0 Å². The number of thioether (sulfide) groups is 1. The number of halogens is 2. The molecule has 0 bridgehead atoms. The van der Waals surface area contributed by atoms with Crippen molar-refractivity contribution in [3.05, 3.63) is 50.8 Å². The highest BCUT2D eigenvalue weighted by atomic mass is 35.5. The number of nitrogens with one attached hydrogen (secondary N) is 1. The molecule has 5 nitrogen and oxygen atoms in total. The fourth-order valence-electron chi connectivity index (χ4n) is 2.33. The minimum atomic E-state index is -0.531. The summed E-state index contributed by atoms with van der Waals surface area (Å²) in [7, 11) is 0. The van der Waals surface area contributed by atoms with E-state index in [1.54, 1.807) is 17.6 Å². The number of carbonyl (C=O) groups excluding carboxylic acids is 1. The largest absolute Gasteiger partial charge is 0.324 e. The Bertz CT molecular complexity index is 1030. The predicted molar refractivity (Wildman–Crippen MR) is 105 cm³/mol. The molecule has 3 rings (SSSR count). The Morgan fingerprint density at radius 2 is 2.23 bits per heavy atom. The Balaban J connectivity index is 1.83. The minimum Gasteiger partial charge on any atom is -0.324 e. The van der Waals surface area contributed by atoms with Crippen LogP contribution in [0.25, 0.3) is 10.2 Å². The van der Waals surface area contributed by atoms with Crippen LogP contribution in [0.2, 0.25) is 5.02 Å². The molecular formula is C17H15ClFN3O2S2. The van der Waals surface area contributed by atoms with Gasteiger partial charge in [0.1, 0.15) is 10.5 Å². The van der Waals surface area contributed by atoms with Crippen LogP contribution in [0.3, 0.4) is 0 Å². The van der Waals surface area contributed by atoms with Crippen molar-refractivity contribution >= 4 is 56.5 Å². The summed E-state index contributed by atoms with van der Waals surface area (Å²) in [5.41, 5.74) is 0.852. The molecule has 0 aliphatic heterocycles. The molecule has 0 aliphatic carbocycles. The highest BCUT2D eigenvalue weighted by Gasteiger charge is 2.20. The maximum atomic E-state index is 13.1. The lowest BCUT2D eigenvalue weighted by molar-refractivity contribution is -0.115. The average molecular weight is 412 g/mol. The van der Waals surface area contributed by atoms with Gasteiger partial charge in [0.15, 0.2) is 5.16 Å². The van der Waals surface area contributed by atoms with E-state index < -0.39 is 11.1 Å². The van der Waals surface area contributed by atoms with E-state index >= 15 is 0 Å². The van der Waals surface area contributed by atoms with Crippen molar-refractivity contribution in [1.82, 2.24) is 9.55 Å². The first-order valence-corrected chi connectivity index (χ1v) is 9.95. The second-order valence-corrected chi connectivity index (χ2v) is 8.08. The summed E-state index contributed by atoms with van der Waals surface area (Å²) in [6, 6.07) is 5.55. The van der Waals surface area contributed by atoms with Crippen LogP contribution >= 0.6 is 34.7 Å². The molecule has 1 amide bonds. The van der Waals surface area contributed by atoms with Gasteiger partial charge in [-0.2, -0.15) is 0 Å². The molecule has 2 heterocycles. The van der Waals surface area contributed by atoms with Crippen LogP contribution in [-0.2, 0) is 11.3 Å². The predicted octanol–water partition coefficient (Wildman–Crippen LogP) is 4.39. The summed E-state index contributed by atoms with van der Waals surface area (Å²) in [5.74, 6) is -0.790. The van der Waals surface area contributed by atoms with Gasteiger partial charge in [0.05, 0.1) is 21.5 Å². The molecule has 0 saturated heterocycles. The minimum absolute atomic E-state index is 0.107. The number of nitrogens with zero attached hydrogens (tertiary/aromatic N) is 2. The molecule has 3 aromatic rings. The summed E-state index contributed by atoms with van der Waals surface area (Å²) in [4.78, 5) is 29.5. The molecule has 0 aliphatic rings. The molecule has 9 heteroatoms. The Morgan fingerprint density at radius 1 is 1.46 bits per heavy atom. The molecule has 0 fully saturated rings. The third kappa shape index (κ3) is 3.77. The lowest BCUT2D eigenvalue weighted by atomic mass is 10.3. The molecule has 1 atom stereocenters. The zero-order valence-corrected chi connectivity index (χ0v) is 16.3. The topological polar surface area (TPSA) is 64.0 Å². The number of fused-ring (bicyclic) bond motifs is 1. The molecule has 1 unspecified atom stereocenters. The van der Waals surface area contributed by atoms with Gasteiger partial charge in [-0.3, -0.25) is 14.2 Å². The van der Waals surface area contributed by atoms with Gasteiger partial charge >= 0.3 is 0 Å². The van der Waals surface area contributed by atoms with Crippen molar-refractivity contribution in [3.8, 4) is 0 Å². The van der Waals surface area contributed by atoms with Gasteiger partial charge < -0.3 is 5.32 Å². The first kappa shape index (κ1) is 18.9. The van der Waals surface area contributed by atoms with Gasteiger partial charge in [0, 0.05) is 6.54 Å². The number of amides is 1. The monoisotopic (exact) mass is 411 g/mol. The van der Waals surface area contributed by atoms with Crippen LogP contribution in [0.15, 0.2) is 39.6 Å². The van der Waals surface area contributed by atoms with Crippen LogP contribution in [0, 0.1) is 5.82 Å². The summed E-state index contributed by atoms with van der Waals surface area (Å²) >= 11 is 8.48. The van der Waals surface area contributed by atoms with Gasteiger partial charge in [-0.1, -0.05) is 23.4 Å². The van der Waals surface area contributed by atoms with Crippen LogP contribution in [0.5, 0.6) is 0 Å². The SMILES string of the molecule is CCn1c(SC(C)C(=O)Nc2ccc(F)cc2Cl)nc2ccsc2c1=O. The summed E-state index contributed by atoms with van der Waals surface area (Å²) in [5, 5.41) is 4.57. The number of aromatic nitrogens is 2. The highest BCUT2D eigenvalue weighted by molar-refractivity contribution is 8.00. The first-order valence-electron chi connectivity index (χ1n) is 7.81. The second-order valence-electron chi connectivity index (χ2n) is 5.45. The van der Waals surface area contributed by atoms with Crippen molar-refractivity contribution in [2.75, 3.05) is 5.32 Å². The number of rotatable bonds is 5. The average Bonchev–Trinajstić information content (AvgIpc) is 3.06. The zero-order valence-electron chi connectivity index (χ0n) is 14.0. The molecule has 1 aromatic carbocycles. The lowest BCUT2D eigenvalue weighted by Gasteiger charge is -2.15.